The first-order valence-electron chi connectivity index (χ1n) is 7.81. The van der Waals surface area contributed by atoms with E-state index in [1.165, 1.54) is 11.9 Å². The first-order valence-corrected chi connectivity index (χ1v) is 7.81. The molecule has 0 saturated carbocycles. The molecule has 7 nitrogen and oxygen atoms in total. The first kappa shape index (κ1) is 15.3. The summed E-state index contributed by atoms with van der Waals surface area (Å²) in [6.45, 7) is 2.97. The lowest BCUT2D eigenvalue weighted by Crippen LogP contribution is -2.37. The van der Waals surface area contributed by atoms with E-state index in [1.807, 2.05) is 19.1 Å². The number of aromatic nitrogens is 3. The van der Waals surface area contributed by atoms with Crippen LogP contribution in [0.1, 0.15) is 36.3 Å². The Morgan fingerprint density at radius 1 is 1.48 bits per heavy atom. The van der Waals surface area contributed by atoms with E-state index in [0.717, 1.165) is 24.2 Å². The molecule has 0 spiro atoms. The molecule has 1 aliphatic rings. The third kappa shape index (κ3) is 3.28. The molecule has 1 aromatic heterocycles. The van der Waals surface area contributed by atoms with Crippen molar-refractivity contribution in [1.82, 2.24) is 25.4 Å². The molecule has 0 fully saturated rings. The molecule has 0 radical (unpaired) electrons. The Labute approximate surface area is 135 Å². The van der Waals surface area contributed by atoms with Crippen molar-refractivity contribution in [2.45, 2.75) is 32.4 Å². The number of benzene rings is 1. The van der Waals surface area contributed by atoms with Crippen LogP contribution in [0.5, 0.6) is 5.75 Å². The lowest BCUT2D eigenvalue weighted by atomic mass is 10.1. The van der Waals surface area contributed by atoms with Crippen LogP contribution in [0.25, 0.3) is 0 Å². The quantitative estimate of drug-likeness (QED) is 0.880. The van der Waals surface area contributed by atoms with E-state index in [1.54, 1.807) is 11.7 Å². The summed E-state index contributed by atoms with van der Waals surface area (Å²) >= 11 is 0. The Morgan fingerprint density at radius 2 is 2.35 bits per heavy atom. The van der Waals surface area contributed by atoms with Crippen molar-refractivity contribution in [2.24, 2.45) is 7.05 Å². The van der Waals surface area contributed by atoms with Gasteiger partial charge in [-0.15, -0.1) is 0 Å². The molecule has 2 amide bonds. The standard InChI is InChI=1S/C16H21N5O2/c1-3-23-14-6-4-5-11-12(14)7-8-13(11)20-16(22)17-9-15-18-10-19-21(15)2/h4-6,10,13H,3,7-9H2,1-2H3,(H2,17,20,22)/t13-/m1/s1. The van der Waals surface area contributed by atoms with E-state index in [-0.39, 0.29) is 12.1 Å². The van der Waals surface area contributed by atoms with Crippen LogP contribution in [-0.2, 0) is 20.0 Å². The normalized spacial score (nSPS) is 16.0. The number of rotatable bonds is 5. The van der Waals surface area contributed by atoms with Gasteiger partial charge in [-0.1, -0.05) is 12.1 Å². The zero-order valence-electron chi connectivity index (χ0n) is 13.4. The van der Waals surface area contributed by atoms with Crippen molar-refractivity contribution < 1.29 is 9.53 Å². The van der Waals surface area contributed by atoms with Crippen molar-refractivity contribution in [1.29, 1.82) is 0 Å². The molecule has 2 aromatic rings. The third-order valence-electron chi connectivity index (χ3n) is 4.05. The van der Waals surface area contributed by atoms with Gasteiger partial charge in [0.25, 0.3) is 0 Å². The summed E-state index contributed by atoms with van der Waals surface area (Å²) < 4.78 is 7.30. The molecule has 0 aliphatic heterocycles. The van der Waals surface area contributed by atoms with Gasteiger partial charge in [-0.2, -0.15) is 5.10 Å². The minimum absolute atomic E-state index is 0.0184. The fraction of sp³-hybridized carbons (Fsp3) is 0.438. The van der Waals surface area contributed by atoms with Crippen molar-refractivity contribution in [2.75, 3.05) is 6.61 Å². The van der Waals surface area contributed by atoms with E-state index < -0.39 is 0 Å². The summed E-state index contributed by atoms with van der Waals surface area (Å²) in [6.07, 6.45) is 3.27. The van der Waals surface area contributed by atoms with Crippen LogP contribution in [0.3, 0.4) is 0 Å². The molecule has 1 aliphatic carbocycles. The number of carbonyl (C=O) groups excluding carboxylic acids is 1. The first-order chi connectivity index (χ1) is 11.2. The molecule has 1 aromatic carbocycles. The van der Waals surface area contributed by atoms with Crippen LogP contribution >= 0.6 is 0 Å². The summed E-state index contributed by atoms with van der Waals surface area (Å²) in [7, 11) is 1.80. The van der Waals surface area contributed by atoms with Crippen LogP contribution < -0.4 is 15.4 Å². The second kappa shape index (κ2) is 6.68. The van der Waals surface area contributed by atoms with E-state index in [2.05, 4.69) is 26.8 Å². The van der Waals surface area contributed by atoms with Crippen LogP contribution in [0.4, 0.5) is 4.79 Å². The average molecular weight is 315 g/mol. The lowest BCUT2D eigenvalue weighted by molar-refractivity contribution is 0.236. The molecule has 0 saturated heterocycles. The molecule has 1 atom stereocenters. The van der Waals surface area contributed by atoms with Gasteiger partial charge in [0.15, 0.2) is 0 Å². The number of amides is 2. The fourth-order valence-corrected chi connectivity index (χ4v) is 2.91. The van der Waals surface area contributed by atoms with Gasteiger partial charge in [-0.25, -0.2) is 9.78 Å². The Morgan fingerprint density at radius 3 is 3.09 bits per heavy atom. The maximum atomic E-state index is 12.1. The summed E-state index contributed by atoms with van der Waals surface area (Å²) in [6, 6.07) is 5.83. The number of nitrogens with one attached hydrogen (secondary N) is 2. The SMILES string of the molecule is CCOc1cccc2c1CC[C@H]2NC(=O)NCc1ncnn1C. The van der Waals surface area contributed by atoms with Crippen LogP contribution in [0.15, 0.2) is 24.5 Å². The second-order valence-corrected chi connectivity index (χ2v) is 5.48. The number of nitrogens with zero attached hydrogens (tertiary/aromatic N) is 3. The largest absolute Gasteiger partial charge is 0.494 e. The highest BCUT2D eigenvalue weighted by Gasteiger charge is 2.26. The van der Waals surface area contributed by atoms with Gasteiger partial charge >= 0.3 is 6.03 Å². The molecule has 23 heavy (non-hydrogen) atoms. The Kier molecular flexibility index (Phi) is 4.45. The molecular formula is C16H21N5O2. The summed E-state index contributed by atoms with van der Waals surface area (Å²) in [5.74, 6) is 1.64. The highest BCUT2D eigenvalue weighted by Crippen LogP contribution is 2.36. The molecule has 2 N–H and O–H groups in total. The molecule has 1 heterocycles. The zero-order valence-corrected chi connectivity index (χ0v) is 13.4. The van der Waals surface area contributed by atoms with Crippen LogP contribution in [0.2, 0.25) is 0 Å². The summed E-state index contributed by atoms with van der Waals surface area (Å²) in [5, 5.41) is 9.82. The van der Waals surface area contributed by atoms with Crippen molar-refractivity contribution in [3.05, 3.63) is 41.5 Å². The number of ether oxygens (including phenoxy) is 1. The number of hydrogen-bond donors (Lipinski definition) is 2. The van der Waals surface area contributed by atoms with Crippen molar-refractivity contribution >= 4 is 6.03 Å². The number of urea groups is 1. The molecular weight excluding hydrogens is 294 g/mol. The van der Waals surface area contributed by atoms with Gasteiger partial charge < -0.3 is 15.4 Å². The topological polar surface area (TPSA) is 81.1 Å². The van der Waals surface area contributed by atoms with E-state index in [0.29, 0.717) is 19.0 Å². The van der Waals surface area contributed by atoms with Gasteiger partial charge in [0.2, 0.25) is 0 Å². The van der Waals surface area contributed by atoms with E-state index in [9.17, 15) is 4.79 Å². The summed E-state index contributed by atoms with van der Waals surface area (Å²) in [5.41, 5.74) is 2.35. The predicted octanol–water partition coefficient (Wildman–Crippen LogP) is 1.70. The number of carbonyl (C=O) groups is 1. The molecule has 0 unspecified atom stereocenters. The van der Waals surface area contributed by atoms with Crippen molar-refractivity contribution in [3.63, 3.8) is 0 Å². The highest BCUT2D eigenvalue weighted by atomic mass is 16.5. The van der Waals surface area contributed by atoms with Crippen LogP contribution in [-0.4, -0.2) is 27.4 Å². The Balaban J connectivity index is 1.61. The van der Waals surface area contributed by atoms with Crippen LogP contribution in [0, 0.1) is 0 Å². The maximum absolute atomic E-state index is 12.1. The Bertz CT molecular complexity index is 698. The highest BCUT2D eigenvalue weighted by molar-refractivity contribution is 5.74. The average Bonchev–Trinajstić information content (AvgIpc) is 3.13. The fourth-order valence-electron chi connectivity index (χ4n) is 2.91. The molecule has 122 valence electrons. The molecule has 0 bridgehead atoms. The van der Waals surface area contributed by atoms with Gasteiger partial charge in [-0.3, -0.25) is 4.68 Å². The summed E-state index contributed by atoms with van der Waals surface area (Å²) in [4.78, 5) is 16.2. The number of aryl methyl sites for hydroxylation is 1. The number of fused-ring (bicyclic) bond motifs is 1. The predicted molar refractivity (Wildman–Crippen MR) is 85.0 cm³/mol. The molecule has 3 rings (SSSR count). The second-order valence-electron chi connectivity index (χ2n) is 5.48. The van der Waals surface area contributed by atoms with E-state index in [4.69, 9.17) is 4.74 Å². The van der Waals surface area contributed by atoms with Gasteiger partial charge in [0, 0.05) is 7.05 Å². The third-order valence-corrected chi connectivity index (χ3v) is 4.05. The van der Waals surface area contributed by atoms with Crippen molar-refractivity contribution in [3.8, 4) is 5.75 Å². The van der Waals surface area contributed by atoms with Gasteiger partial charge in [-0.05, 0) is 37.0 Å². The minimum atomic E-state index is -0.201. The monoisotopic (exact) mass is 315 g/mol. The van der Waals surface area contributed by atoms with E-state index >= 15 is 0 Å². The number of hydrogen-bond acceptors (Lipinski definition) is 4. The lowest BCUT2D eigenvalue weighted by Gasteiger charge is -2.15. The smallest absolute Gasteiger partial charge is 0.315 e. The van der Waals surface area contributed by atoms with Gasteiger partial charge in [0.1, 0.15) is 17.9 Å². The maximum Gasteiger partial charge on any atom is 0.315 e. The van der Waals surface area contributed by atoms with Gasteiger partial charge in [0.05, 0.1) is 19.2 Å². The molecule has 7 heteroatoms. The Hall–Kier alpha value is -2.57. The minimum Gasteiger partial charge on any atom is -0.494 e. The zero-order chi connectivity index (χ0) is 16.2.